The maximum absolute atomic E-state index is 11.9. The van der Waals surface area contributed by atoms with Gasteiger partial charge in [0.15, 0.2) is 11.7 Å². The normalized spacial score (nSPS) is 10.7. The summed E-state index contributed by atoms with van der Waals surface area (Å²) in [7, 11) is 0. The fourth-order valence-electron chi connectivity index (χ4n) is 2.12. The molecule has 1 N–H and O–H groups in total. The zero-order chi connectivity index (χ0) is 17.8. The smallest absolute Gasteiger partial charge is 0.226 e. The van der Waals surface area contributed by atoms with Crippen LogP contribution in [0.3, 0.4) is 0 Å². The number of aryl methyl sites for hydroxylation is 1. The van der Waals surface area contributed by atoms with Crippen molar-refractivity contribution in [3.63, 3.8) is 0 Å². The largest absolute Gasteiger partial charge is 0.441 e. The molecule has 3 aromatic rings. The van der Waals surface area contributed by atoms with Gasteiger partial charge in [-0.2, -0.15) is 0 Å². The van der Waals surface area contributed by atoms with Gasteiger partial charge in [0.05, 0.1) is 16.2 Å². The number of rotatable bonds is 5. The van der Waals surface area contributed by atoms with Crippen LogP contribution in [0.15, 0.2) is 47.1 Å². The number of pyridine rings is 1. The van der Waals surface area contributed by atoms with Crippen molar-refractivity contribution >= 4 is 46.5 Å². The predicted octanol–water partition coefficient (Wildman–Crippen LogP) is 5.27. The summed E-state index contributed by atoms with van der Waals surface area (Å²) in [5.41, 5.74) is 0.694. The van der Waals surface area contributed by atoms with Crippen molar-refractivity contribution in [2.75, 3.05) is 5.32 Å². The Kier molecular flexibility index (Phi) is 5.58. The molecular formula is C17H12Cl3N3O2. The molecule has 1 aromatic carbocycles. The highest BCUT2D eigenvalue weighted by molar-refractivity contribution is 6.36. The van der Waals surface area contributed by atoms with Crippen LogP contribution in [0, 0.1) is 0 Å². The second kappa shape index (κ2) is 7.87. The van der Waals surface area contributed by atoms with E-state index in [4.69, 9.17) is 39.2 Å². The van der Waals surface area contributed by atoms with Crippen LogP contribution in [0.25, 0.3) is 11.3 Å². The number of halogens is 3. The van der Waals surface area contributed by atoms with Crippen molar-refractivity contribution < 1.29 is 9.21 Å². The molecule has 8 heteroatoms. The Labute approximate surface area is 158 Å². The van der Waals surface area contributed by atoms with E-state index in [1.807, 2.05) is 0 Å². The molecule has 0 aliphatic heterocycles. The van der Waals surface area contributed by atoms with Crippen LogP contribution in [-0.4, -0.2) is 15.9 Å². The Morgan fingerprint density at radius 3 is 2.56 bits per heavy atom. The zero-order valence-corrected chi connectivity index (χ0v) is 15.1. The summed E-state index contributed by atoms with van der Waals surface area (Å²) in [5, 5.41) is 4.20. The Bertz CT molecular complexity index is 894. The molecule has 0 atom stereocenters. The predicted molar refractivity (Wildman–Crippen MR) is 98.2 cm³/mol. The monoisotopic (exact) mass is 395 g/mol. The standard InChI is InChI=1S/C17H12Cl3N3O2/c18-10-1-3-12(13(20)7-10)14-9-22-17(25-14)6-5-16(24)23-15-4-2-11(19)8-21-15/h1-4,7-9H,5-6H2,(H,21,23,24). The second-order valence-corrected chi connectivity index (χ2v) is 6.43. The van der Waals surface area contributed by atoms with Gasteiger partial charge in [-0.3, -0.25) is 4.79 Å². The highest BCUT2D eigenvalue weighted by Crippen LogP contribution is 2.30. The Balaban J connectivity index is 1.59. The number of nitrogens with one attached hydrogen (secondary N) is 1. The van der Waals surface area contributed by atoms with Gasteiger partial charge in [-0.05, 0) is 30.3 Å². The molecule has 3 rings (SSSR count). The van der Waals surface area contributed by atoms with Crippen LogP contribution in [0.1, 0.15) is 12.3 Å². The maximum atomic E-state index is 11.9. The molecule has 0 spiro atoms. The van der Waals surface area contributed by atoms with Crippen molar-refractivity contribution in [3.05, 3.63) is 63.7 Å². The summed E-state index contributed by atoms with van der Waals surface area (Å²) in [4.78, 5) is 20.1. The van der Waals surface area contributed by atoms with Crippen molar-refractivity contribution in [1.82, 2.24) is 9.97 Å². The minimum absolute atomic E-state index is 0.195. The number of oxazole rings is 1. The van der Waals surface area contributed by atoms with E-state index < -0.39 is 0 Å². The number of carbonyl (C=O) groups is 1. The third-order valence-corrected chi connectivity index (χ3v) is 4.08. The third kappa shape index (κ3) is 4.72. The van der Waals surface area contributed by atoms with Gasteiger partial charge in [-0.1, -0.05) is 34.8 Å². The number of hydrogen-bond acceptors (Lipinski definition) is 4. The number of benzene rings is 1. The molecule has 0 fully saturated rings. The van der Waals surface area contributed by atoms with E-state index in [0.717, 1.165) is 0 Å². The lowest BCUT2D eigenvalue weighted by Crippen LogP contribution is -2.13. The molecule has 2 heterocycles. The molecule has 0 unspecified atom stereocenters. The number of amides is 1. The number of carbonyl (C=O) groups excluding carboxylic acids is 1. The van der Waals surface area contributed by atoms with E-state index in [0.29, 0.717) is 44.5 Å². The van der Waals surface area contributed by atoms with Gasteiger partial charge in [-0.15, -0.1) is 0 Å². The van der Waals surface area contributed by atoms with E-state index in [9.17, 15) is 4.79 Å². The SMILES string of the molecule is O=C(CCc1ncc(-c2ccc(Cl)cc2Cl)o1)Nc1ccc(Cl)cn1. The van der Waals surface area contributed by atoms with Gasteiger partial charge in [0.2, 0.25) is 5.91 Å². The Morgan fingerprint density at radius 2 is 1.84 bits per heavy atom. The van der Waals surface area contributed by atoms with Crippen LogP contribution in [-0.2, 0) is 11.2 Å². The van der Waals surface area contributed by atoms with E-state index in [1.54, 1.807) is 36.5 Å². The van der Waals surface area contributed by atoms with E-state index in [2.05, 4.69) is 15.3 Å². The van der Waals surface area contributed by atoms with Gasteiger partial charge in [0.1, 0.15) is 5.82 Å². The Morgan fingerprint density at radius 1 is 1.04 bits per heavy atom. The first-order valence-electron chi connectivity index (χ1n) is 7.33. The van der Waals surface area contributed by atoms with E-state index in [-0.39, 0.29) is 12.3 Å². The quantitative estimate of drug-likeness (QED) is 0.638. The van der Waals surface area contributed by atoms with Crippen molar-refractivity contribution in [1.29, 1.82) is 0 Å². The summed E-state index contributed by atoms with van der Waals surface area (Å²) in [6.07, 6.45) is 3.60. The minimum atomic E-state index is -0.195. The van der Waals surface area contributed by atoms with Crippen molar-refractivity contribution in [3.8, 4) is 11.3 Å². The number of anilines is 1. The fraction of sp³-hybridized carbons (Fsp3) is 0.118. The molecule has 0 aliphatic carbocycles. The molecule has 0 saturated carbocycles. The van der Waals surface area contributed by atoms with Crippen LogP contribution >= 0.6 is 34.8 Å². The van der Waals surface area contributed by atoms with Gasteiger partial charge in [-0.25, -0.2) is 9.97 Å². The molecule has 0 aliphatic rings. The van der Waals surface area contributed by atoms with E-state index >= 15 is 0 Å². The van der Waals surface area contributed by atoms with E-state index in [1.165, 1.54) is 6.20 Å². The molecule has 128 valence electrons. The first-order chi connectivity index (χ1) is 12.0. The van der Waals surface area contributed by atoms with Gasteiger partial charge >= 0.3 is 0 Å². The topological polar surface area (TPSA) is 68.0 Å². The highest BCUT2D eigenvalue weighted by atomic mass is 35.5. The average molecular weight is 397 g/mol. The number of aromatic nitrogens is 2. The number of nitrogens with zero attached hydrogens (tertiary/aromatic N) is 2. The third-order valence-electron chi connectivity index (χ3n) is 3.31. The molecule has 0 saturated heterocycles. The molecule has 2 aromatic heterocycles. The molecule has 0 radical (unpaired) electrons. The second-order valence-electron chi connectivity index (χ2n) is 5.15. The average Bonchev–Trinajstić information content (AvgIpc) is 3.04. The molecule has 25 heavy (non-hydrogen) atoms. The molecule has 0 bridgehead atoms. The highest BCUT2D eigenvalue weighted by Gasteiger charge is 2.12. The van der Waals surface area contributed by atoms with Crippen LogP contribution in [0.5, 0.6) is 0 Å². The van der Waals surface area contributed by atoms with Crippen molar-refractivity contribution in [2.45, 2.75) is 12.8 Å². The number of hydrogen-bond donors (Lipinski definition) is 1. The molecular weight excluding hydrogens is 385 g/mol. The zero-order valence-electron chi connectivity index (χ0n) is 12.8. The lowest BCUT2D eigenvalue weighted by atomic mass is 10.2. The summed E-state index contributed by atoms with van der Waals surface area (Å²) >= 11 is 17.8. The van der Waals surface area contributed by atoms with Crippen molar-refractivity contribution in [2.24, 2.45) is 0 Å². The summed E-state index contributed by atoms with van der Waals surface area (Å²) in [6, 6.07) is 8.39. The maximum Gasteiger partial charge on any atom is 0.226 e. The summed E-state index contributed by atoms with van der Waals surface area (Å²) in [6.45, 7) is 0. The Hall–Kier alpha value is -2.08. The first kappa shape index (κ1) is 17.7. The lowest BCUT2D eigenvalue weighted by Gasteiger charge is -2.03. The molecule has 5 nitrogen and oxygen atoms in total. The lowest BCUT2D eigenvalue weighted by molar-refractivity contribution is -0.116. The first-order valence-corrected chi connectivity index (χ1v) is 8.46. The summed E-state index contributed by atoms with van der Waals surface area (Å²) < 4.78 is 5.66. The molecule has 1 amide bonds. The van der Waals surface area contributed by atoms with Gasteiger partial charge < -0.3 is 9.73 Å². The minimum Gasteiger partial charge on any atom is -0.441 e. The van der Waals surface area contributed by atoms with Crippen LogP contribution in [0.2, 0.25) is 15.1 Å². The summed E-state index contributed by atoms with van der Waals surface area (Å²) in [5.74, 6) is 1.21. The van der Waals surface area contributed by atoms with Crippen LogP contribution in [0.4, 0.5) is 5.82 Å². The van der Waals surface area contributed by atoms with Crippen LogP contribution < -0.4 is 5.32 Å². The fourth-order valence-corrected chi connectivity index (χ4v) is 2.73. The van der Waals surface area contributed by atoms with Gasteiger partial charge in [0, 0.05) is 29.6 Å². The van der Waals surface area contributed by atoms with Gasteiger partial charge in [0.25, 0.3) is 0 Å².